The highest BCUT2D eigenvalue weighted by Crippen LogP contribution is 2.35. The normalized spacial score (nSPS) is 16.8. The van der Waals surface area contributed by atoms with Gasteiger partial charge in [-0.2, -0.15) is 0 Å². The molecular weight excluding hydrogens is 362 g/mol. The number of hydrogen-bond donors (Lipinski definition) is 0. The molecule has 0 spiro atoms. The first kappa shape index (κ1) is 18.6. The minimum absolute atomic E-state index is 0.0866. The van der Waals surface area contributed by atoms with Crippen LogP contribution in [0.3, 0.4) is 0 Å². The Morgan fingerprint density at radius 2 is 2.07 bits per heavy atom. The number of nitrogens with zero attached hydrogens (tertiary/aromatic N) is 3. The van der Waals surface area contributed by atoms with Crippen LogP contribution in [0.1, 0.15) is 36.1 Å². The summed E-state index contributed by atoms with van der Waals surface area (Å²) in [5.74, 6) is 2.25. The summed E-state index contributed by atoms with van der Waals surface area (Å²) in [7, 11) is 0. The van der Waals surface area contributed by atoms with E-state index in [-0.39, 0.29) is 19.3 Å². The standard InChI is InChI=1S/C20H25N3O5/c1-2-6-22-7-3-8-23(10-9-22)20(24)16-12-26-19(21-16)13-25-15-4-5-17-18(11-15)28-14-27-17/h4-5,11-12H,2-3,6-10,13-14H2,1H3. The largest absolute Gasteiger partial charge is 0.484 e. The number of fused-ring (bicyclic) bond motifs is 1. The van der Waals surface area contributed by atoms with Gasteiger partial charge in [-0.15, -0.1) is 0 Å². The highest BCUT2D eigenvalue weighted by atomic mass is 16.7. The zero-order valence-corrected chi connectivity index (χ0v) is 16.1. The van der Waals surface area contributed by atoms with E-state index in [1.807, 2.05) is 4.90 Å². The molecular formula is C20H25N3O5. The number of amides is 1. The van der Waals surface area contributed by atoms with Crippen molar-refractivity contribution in [1.29, 1.82) is 0 Å². The molecule has 28 heavy (non-hydrogen) atoms. The number of ether oxygens (including phenoxy) is 3. The van der Waals surface area contributed by atoms with E-state index in [2.05, 4.69) is 16.8 Å². The second kappa shape index (κ2) is 8.52. The number of rotatable bonds is 6. The van der Waals surface area contributed by atoms with Crippen molar-refractivity contribution in [3.63, 3.8) is 0 Å². The van der Waals surface area contributed by atoms with E-state index >= 15 is 0 Å². The molecule has 0 radical (unpaired) electrons. The topological polar surface area (TPSA) is 77.3 Å². The summed E-state index contributed by atoms with van der Waals surface area (Å²) >= 11 is 0. The second-order valence-corrected chi connectivity index (χ2v) is 6.92. The van der Waals surface area contributed by atoms with Crippen molar-refractivity contribution < 1.29 is 23.4 Å². The molecule has 0 N–H and O–H groups in total. The van der Waals surface area contributed by atoms with Crippen molar-refractivity contribution in [3.05, 3.63) is 36.0 Å². The second-order valence-electron chi connectivity index (χ2n) is 6.92. The molecule has 1 aromatic heterocycles. The fraction of sp³-hybridized carbons (Fsp3) is 0.500. The predicted molar refractivity (Wildman–Crippen MR) is 101 cm³/mol. The third kappa shape index (κ3) is 4.22. The van der Waals surface area contributed by atoms with Crippen LogP contribution in [0.5, 0.6) is 17.2 Å². The Morgan fingerprint density at radius 1 is 1.18 bits per heavy atom. The summed E-state index contributed by atoms with van der Waals surface area (Å²) in [6.45, 7) is 7.00. The van der Waals surface area contributed by atoms with Crippen molar-refractivity contribution in [2.45, 2.75) is 26.4 Å². The number of aromatic nitrogens is 1. The van der Waals surface area contributed by atoms with Gasteiger partial charge in [0, 0.05) is 25.7 Å². The van der Waals surface area contributed by atoms with Gasteiger partial charge in [0.25, 0.3) is 5.91 Å². The lowest BCUT2D eigenvalue weighted by atomic mass is 10.3. The van der Waals surface area contributed by atoms with Crippen LogP contribution < -0.4 is 14.2 Å². The van der Waals surface area contributed by atoms with Crippen LogP contribution in [0.15, 0.2) is 28.9 Å². The molecule has 0 bridgehead atoms. The maximum Gasteiger partial charge on any atom is 0.275 e. The van der Waals surface area contributed by atoms with Crippen LogP contribution in [0, 0.1) is 0 Å². The molecule has 0 atom stereocenters. The van der Waals surface area contributed by atoms with Gasteiger partial charge in [0.1, 0.15) is 12.0 Å². The maximum atomic E-state index is 12.7. The van der Waals surface area contributed by atoms with Crippen molar-refractivity contribution in [2.75, 3.05) is 39.5 Å². The quantitative estimate of drug-likeness (QED) is 0.754. The summed E-state index contributed by atoms with van der Waals surface area (Å²) in [6.07, 6.45) is 3.52. The first-order valence-electron chi connectivity index (χ1n) is 9.71. The Balaban J connectivity index is 1.33. The molecule has 150 valence electrons. The van der Waals surface area contributed by atoms with Gasteiger partial charge in [-0.25, -0.2) is 4.98 Å². The molecule has 1 fully saturated rings. The first-order valence-corrected chi connectivity index (χ1v) is 9.71. The summed E-state index contributed by atoms with van der Waals surface area (Å²) in [6, 6.07) is 5.35. The highest BCUT2D eigenvalue weighted by Gasteiger charge is 2.23. The average Bonchev–Trinajstić information content (AvgIpc) is 3.31. The van der Waals surface area contributed by atoms with E-state index in [4.69, 9.17) is 18.6 Å². The lowest BCUT2D eigenvalue weighted by Gasteiger charge is -2.20. The van der Waals surface area contributed by atoms with Gasteiger partial charge in [0.15, 0.2) is 23.8 Å². The van der Waals surface area contributed by atoms with Crippen LogP contribution in [0.2, 0.25) is 0 Å². The molecule has 1 aromatic carbocycles. The number of hydrogen-bond acceptors (Lipinski definition) is 7. The zero-order valence-electron chi connectivity index (χ0n) is 16.1. The van der Waals surface area contributed by atoms with Crippen molar-refractivity contribution in [1.82, 2.24) is 14.8 Å². The molecule has 2 aromatic rings. The fourth-order valence-corrected chi connectivity index (χ4v) is 3.46. The fourth-order valence-electron chi connectivity index (χ4n) is 3.46. The Hall–Kier alpha value is -2.74. The number of benzene rings is 1. The SMILES string of the molecule is CCCN1CCCN(C(=O)c2coc(COc3ccc4c(c3)OCO4)n2)CC1. The van der Waals surface area contributed by atoms with Gasteiger partial charge < -0.3 is 28.4 Å². The minimum atomic E-state index is -0.0866. The predicted octanol–water partition coefficient (Wildman–Crippen LogP) is 2.54. The summed E-state index contributed by atoms with van der Waals surface area (Å²) < 4.78 is 21.7. The summed E-state index contributed by atoms with van der Waals surface area (Å²) in [5, 5.41) is 0. The van der Waals surface area contributed by atoms with Crippen LogP contribution in [-0.4, -0.2) is 60.2 Å². The average molecular weight is 387 g/mol. The highest BCUT2D eigenvalue weighted by molar-refractivity contribution is 5.92. The number of oxazole rings is 1. The van der Waals surface area contributed by atoms with E-state index in [1.165, 1.54) is 6.26 Å². The molecule has 3 heterocycles. The third-order valence-corrected chi connectivity index (χ3v) is 4.89. The molecule has 0 unspecified atom stereocenters. The van der Waals surface area contributed by atoms with E-state index in [0.29, 0.717) is 35.4 Å². The third-order valence-electron chi connectivity index (χ3n) is 4.89. The van der Waals surface area contributed by atoms with Gasteiger partial charge in [0.05, 0.1) is 0 Å². The van der Waals surface area contributed by atoms with Gasteiger partial charge in [0.2, 0.25) is 12.7 Å². The zero-order chi connectivity index (χ0) is 19.3. The minimum Gasteiger partial charge on any atom is -0.484 e. The monoisotopic (exact) mass is 387 g/mol. The van der Waals surface area contributed by atoms with Gasteiger partial charge in [-0.05, 0) is 38.1 Å². The van der Waals surface area contributed by atoms with E-state index in [0.717, 1.165) is 39.0 Å². The molecule has 1 saturated heterocycles. The maximum absolute atomic E-state index is 12.7. The van der Waals surface area contributed by atoms with Crippen LogP contribution in [0.25, 0.3) is 0 Å². The Morgan fingerprint density at radius 3 is 2.96 bits per heavy atom. The van der Waals surface area contributed by atoms with Gasteiger partial charge in [-0.1, -0.05) is 6.92 Å². The Kier molecular flexibility index (Phi) is 5.66. The van der Waals surface area contributed by atoms with E-state index in [1.54, 1.807) is 18.2 Å². The summed E-state index contributed by atoms with van der Waals surface area (Å²) in [5.41, 5.74) is 0.327. The van der Waals surface area contributed by atoms with Crippen LogP contribution in [-0.2, 0) is 6.61 Å². The van der Waals surface area contributed by atoms with Crippen LogP contribution >= 0.6 is 0 Å². The van der Waals surface area contributed by atoms with Gasteiger partial charge >= 0.3 is 0 Å². The van der Waals surface area contributed by atoms with Gasteiger partial charge in [-0.3, -0.25) is 4.79 Å². The lowest BCUT2D eigenvalue weighted by molar-refractivity contribution is 0.0755. The molecule has 2 aliphatic heterocycles. The molecule has 8 nitrogen and oxygen atoms in total. The van der Waals surface area contributed by atoms with Crippen molar-refractivity contribution in [3.8, 4) is 17.2 Å². The number of carbonyl (C=O) groups is 1. The van der Waals surface area contributed by atoms with E-state index in [9.17, 15) is 4.79 Å². The summed E-state index contributed by atoms with van der Waals surface area (Å²) in [4.78, 5) is 21.3. The van der Waals surface area contributed by atoms with Crippen molar-refractivity contribution in [2.24, 2.45) is 0 Å². The molecule has 0 aliphatic carbocycles. The molecule has 8 heteroatoms. The van der Waals surface area contributed by atoms with E-state index < -0.39 is 0 Å². The smallest absolute Gasteiger partial charge is 0.275 e. The van der Waals surface area contributed by atoms with Crippen molar-refractivity contribution >= 4 is 5.91 Å². The molecule has 4 rings (SSSR count). The Bertz CT molecular complexity index is 822. The molecule has 1 amide bonds. The molecule has 2 aliphatic rings. The lowest BCUT2D eigenvalue weighted by Crippen LogP contribution is -2.35. The number of carbonyl (C=O) groups excluding carboxylic acids is 1. The molecule has 0 saturated carbocycles. The van der Waals surface area contributed by atoms with Crippen LogP contribution in [0.4, 0.5) is 0 Å². The Labute approximate surface area is 164 Å². The first-order chi connectivity index (χ1) is 13.7.